The van der Waals surface area contributed by atoms with Crippen molar-refractivity contribution >= 4 is 12.1 Å². The first-order valence-corrected chi connectivity index (χ1v) is 12.6. The van der Waals surface area contributed by atoms with E-state index >= 15 is 0 Å². The van der Waals surface area contributed by atoms with Gasteiger partial charge >= 0.3 is 12.1 Å². The summed E-state index contributed by atoms with van der Waals surface area (Å²) in [7, 11) is 1.36. The maximum atomic E-state index is 12.5. The Morgan fingerprint density at radius 1 is 1.03 bits per heavy atom. The smallest absolute Gasteiger partial charge is 0.410 e. The SMILES string of the molecule is COC(=O)c1ccc(Oc2ccc(CN3CCC(N4C(=O)OC[C@H]4c4ccccc4)CC3)c(C)n2)cc1. The second-order valence-electron chi connectivity index (χ2n) is 9.43. The number of pyridine rings is 1. The average molecular weight is 502 g/mol. The molecule has 0 bridgehead atoms. The highest BCUT2D eigenvalue weighted by Crippen LogP contribution is 2.33. The van der Waals surface area contributed by atoms with Crippen molar-refractivity contribution < 1.29 is 23.8 Å². The standard InChI is InChI=1S/C29H31N3O5/c1-20-23(10-13-27(30-20)37-25-11-8-22(9-12-25)28(33)35-2)18-31-16-14-24(15-17-31)32-26(19-36-29(32)34)21-6-4-3-5-7-21/h3-13,24,26H,14-19H2,1-2H3/t26-/m0/s1. The van der Waals surface area contributed by atoms with Crippen LogP contribution in [0.5, 0.6) is 11.6 Å². The third kappa shape index (κ3) is 5.59. The minimum Gasteiger partial charge on any atom is -0.465 e. The molecule has 0 radical (unpaired) electrons. The zero-order valence-electron chi connectivity index (χ0n) is 21.1. The topological polar surface area (TPSA) is 81.2 Å². The molecule has 2 aliphatic rings. The number of piperidine rings is 1. The zero-order valence-corrected chi connectivity index (χ0v) is 21.1. The predicted molar refractivity (Wildman–Crippen MR) is 137 cm³/mol. The summed E-state index contributed by atoms with van der Waals surface area (Å²) < 4.78 is 16.0. The molecule has 2 fully saturated rings. The summed E-state index contributed by atoms with van der Waals surface area (Å²) in [4.78, 5) is 33.1. The van der Waals surface area contributed by atoms with Crippen LogP contribution >= 0.6 is 0 Å². The Kier molecular flexibility index (Phi) is 7.37. The van der Waals surface area contributed by atoms with E-state index in [1.54, 1.807) is 24.3 Å². The number of benzene rings is 2. The van der Waals surface area contributed by atoms with Crippen LogP contribution in [0.2, 0.25) is 0 Å². The van der Waals surface area contributed by atoms with Crippen molar-refractivity contribution in [3.05, 3.63) is 89.1 Å². The summed E-state index contributed by atoms with van der Waals surface area (Å²) >= 11 is 0. The van der Waals surface area contributed by atoms with E-state index in [9.17, 15) is 9.59 Å². The van der Waals surface area contributed by atoms with Gasteiger partial charge in [0.15, 0.2) is 0 Å². The summed E-state index contributed by atoms with van der Waals surface area (Å²) in [6.07, 6.45) is 1.62. The first-order chi connectivity index (χ1) is 18.0. The van der Waals surface area contributed by atoms with Gasteiger partial charge in [0.2, 0.25) is 5.88 Å². The van der Waals surface area contributed by atoms with E-state index in [0.29, 0.717) is 23.8 Å². The van der Waals surface area contributed by atoms with Crippen LogP contribution in [0.1, 0.15) is 46.1 Å². The maximum absolute atomic E-state index is 12.5. The zero-order chi connectivity index (χ0) is 25.8. The number of aromatic nitrogens is 1. The molecule has 0 saturated carbocycles. The van der Waals surface area contributed by atoms with E-state index in [4.69, 9.17) is 14.2 Å². The first kappa shape index (κ1) is 24.8. The van der Waals surface area contributed by atoms with Crippen molar-refractivity contribution in [3.63, 3.8) is 0 Å². The lowest BCUT2D eigenvalue weighted by Crippen LogP contribution is -2.46. The van der Waals surface area contributed by atoms with E-state index in [2.05, 4.69) is 28.1 Å². The average Bonchev–Trinajstić information content (AvgIpc) is 3.32. The molecule has 37 heavy (non-hydrogen) atoms. The first-order valence-electron chi connectivity index (χ1n) is 12.6. The second kappa shape index (κ2) is 11.0. The molecule has 1 atom stereocenters. The largest absolute Gasteiger partial charge is 0.465 e. The number of ether oxygens (including phenoxy) is 3. The molecule has 8 nitrogen and oxygen atoms in total. The number of hydrogen-bond donors (Lipinski definition) is 0. The number of amides is 1. The third-order valence-electron chi connectivity index (χ3n) is 7.11. The highest BCUT2D eigenvalue weighted by atomic mass is 16.6. The third-order valence-corrected chi connectivity index (χ3v) is 7.11. The molecule has 0 N–H and O–H groups in total. The Morgan fingerprint density at radius 3 is 2.43 bits per heavy atom. The number of hydrogen-bond acceptors (Lipinski definition) is 7. The molecule has 2 aliphatic heterocycles. The van der Waals surface area contributed by atoms with Gasteiger partial charge in [-0.3, -0.25) is 9.80 Å². The number of carbonyl (C=O) groups excluding carboxylic acids is 2. The summed E-state index contributed by atoms with van der Waals surface area (Å²) in [6, 6.07) is 21.0. The molecule has 5 rings (SSSR count). The second-order valence-corrected chi connectivity index (χ2v) is 9.43. The van der Waals surface area contributed by atoms with Gasteiger partial charge in [-0.15, -0.1) is 0 Å². The van der Waals surface area contributed by atoms with Crippen LogP contribution in [-0.4, -0.2) is 59.7 Å². The molecule has 3 heterocycles. The molecular formula is C29H31N3O5. The van der Waals surface area contributed by atoms with Crippen molar-refractivity contribution in [1.82, 2.24) is 14.8 Å². The Balaban J connectivity index is 1.17. The summed E-state index contributed by atoms with van der Waals surface area (Å²) in [5, 5.41) is 0. The van der Waals surface area contributed by atoms with Crippen LogP contribution in [0.25, 0.3) is 0 Å². The lowest BCUT2D eigenvalue weighted by molar-refractivity contribution is 0.0600. The van der Waals surface area contributed by atoms with Gasteiger partial charge in [0.05, 0.1) is 18.7 Å². The molecule has 8 heteroatoms. The summed E-state index contributed by atoms with van der Waals surface area (Å²) in [5.41, 5.74) is 3.65. The van der Waals surface area contributed by atoms with Crippen LogP contribution in [0.15, 0.2) is 66.7 Å². The minimum absolute atomic E-state index is 0.0130. The molecule has 0 aliphatic carbocycles. The van der Waals surface area contributed by atoms with Gasteiger partial charge in [-0.25, -0.2) is 14.6 Å². The fourth-order valence-electron chi connectivity index (χ4n) is 5.05. The van der Waals surface area contributed by atoms with Gasteiger partial charge in [0.1, 0.15) is 12.4 Å². The number of carbonyl (C=O) groups is 2. The monoisotopic (exact) mass is 501 g/mol. The fraction of sp³-hybridized carbons (Fsp3) is 0.345. The van der Waals surface area contributed by atoms with Crippen molar-refractivity contribution in [3.8, 4) is 11.6 Å². The Labute approximate surface area is 216 Å². The van der Waals surface area contributed by atoms with Gasteiger partial charge < -0.3 is 14.2 Å². The van der Waals surface area contributed by atoms with Crippen molar-refractivity contribution in [2.24, 2.45) is 0 Å². The number of esters is 1. The number of nitrogens with zero attached hydrogens (tertiary/aromatic N) is 3. The molecule has 2 aromatic carbocycles. The minimum atomic E-state index is -0.384. The van der Waals surface area contributed by atoms with Crippen molar-refractivity contribution in [2.75, 3.05) is 26.8 Å². The van der Waals surface area contributed by atoms with Gasteiger partial charge in [0, 0.05) is 37.4 Å². The highest BCUT2D eigenvalue weighted by molar-refractivity contribution is 5.89. The van der Waals surface area contributed by atoms with Crippen molar-refractivity contribution in [2.45, 2.75) is 38.4 Å². The normalized spacial score (nSPS) is 18.5. The van der Waals surface area contributed by atoms with E-state index in [1.807, 2.05) is 36.1 Å². The van der Waals surface area contributed by atoms with Crippen LogP contribution in [0, 0.1) is 6.92 Å². The van der Waals surface area contributed by atoms with E-state index in [-0.39, 0.29) is 24.1 Å². The van der Waals surface area contributed by atoms with Crippen LogP contribution in [0.3, 0.4) is 0 Å². The Morgan fingerprint density at radius 2 is 1.76 bits per heavy atom. The van der Waals surface area contributed by atoms with E-state index in [0.717, 1.165) is 49.3 Å². The number of aryl methyl sites for hydroxylation is 1. The Hall–Kier alpha value is -3.91. The molecule has 0 spiro atoms. The lowest BCUT2D eigenvalue weighted by Gasteiger charge is -2.38. The molecule has 2 saturated heterocycles. The molecule has 3 aromatic rings. The summed E-state index contributed by atoms with van der Waals surface area (Å²) in [5.74, 6) is 0.721. The number of methoxy groups -OCH3 is 1. The van der Waals surface area contributed by atoms with Crippen LogP contribution in [-0.2, 0) is 16.0 Å². The Bertz CT molecular complexity index is 1240. The van der Waals surface area contributed by atoms with E-state index < -0.39 is 0 Å². The fourth-order valence-corrected chi connectivity index (χ4v) is 5.05. The van der Waals surface area contributed by atoms with E-state index in [1.165, 1.54) is 7.11 Å². The quantitative estimate of drug-likeness (QED) is 0.415. The molecular weight excluding hydrogens is 470 g/mol. The predicted octanol–water partition coefficient (Wildman–Crippen LogP) is 5.13. The van der Waals surface area contributed by atoms with Gasteiger partial charge in [-0.2, -0.15) is 0 Å². The molecule has 1 aromatic heterocycles. The number of likely N-dealkylation sites (tertiary alicyclic amines) is 1. The number of rotatable bonds is 7. The van der Waals surface area contributed by atoms with Gasteiger partial charge in [-0.05, 0) is 55.2 Å². The highest BCUT2D eigenvalue weighted by Gasteiger charge is 2.40. The van der Waals surface area contributed by atoms with Crippen LogP contribution in [0.4, 0.5) is 4.79 Å². The van der Waals surface area contributed by atoms with Gasteiger partial charge in [0.25, 0.3) is 0 Å². The molecule has 0 unspecified atom stereocenters. The summed E-state index contributed by atoms with van der Waals surface area (Å²) in [6.45, 7) is 5.00. The molecule has 1 amide bonds. The van der Waals surface area contributed by atoms with Crippen LogP contribution < -0.4 is 4.74 Å². The lowest BCUT2D eigenvalue weighted by atomic mass is 9.98. The molecule has 192 valence electrons. The number of cyclic esters (lactones) is 1. The van der Waals surface area contributed by atoms with Crippen molar-refractivity contribution in [1.29, 1.82) is 0 Å². The van der Waals surface area contributed by atoms with Gasteiger partial charge in [-0.1, -0.05) is 36.4 Å². The maximum Gasteiger partial charge on any atom is 0.410 e.